The predicted octanol–water partition coefficient (Wildman–Crippen LogP) is 1.93. The number of nitrogens with two attached hydrogens (primary N) is 1. The first-order valence-corrected chi connectivity index (χ1v) is 4.47. The Morgan fingerprint density at radius 3 is 2.86 bits per heavy atom. The molecule has 1 aromatic rings. The van der Waals surface area contributed by atoms with Gasteiger partial charge in [-0.2, -0.15) is 5.26 Å². The van der Waals surface area contributed by atoms with Crippen molar-refractivity contribution in [2.24, 2.45) is 0 Å². The summed E-state index contributed by atoms with van der Waals surface area (Å²) in [4.78, 5) is 11.4. The van der Waals surface area contributed by atoms with E-state index >= 15 is 0 Å². The van der Waals surface area contributed by atoms with E-state index in [1.54, 1.807) is 18.2 Å². The molecule has 1 rings (SSSR count). The van der Waals surface area contributed by atoms with Gasteiger partial charge in [-0.15, -0.1) is 0 Å². The van der Waals surface area contributed by atoms with Gasteiger partial charge in [-0.1, -0.05) is 6.92 Å². The maximum atomic E-state index is 11.4. The van der Waals surface area contributed by atoms with Crippen LogP contribution >= 0.6 is 0 Å². The van der Waals surface area contributed by atoms with Crippen LogP contribution in [0.5, 0.6) is 0 Å². The third-order valence-corrected chi connectivity index (χ3v) is 2.06. The van der Waals surface area contributed by atoms with Gasteiger partial charge in [0, 0.05) is 17.7 Å². The molecule has 0 saturated carbocycles. The number of nitrogens with zero attached hydrogens (tertiary/aromatic N) is 1. The Kier molecular flexibility index (Phi) is 3.24. The molecule has 0 fully saturated rings. The van der Waals surface area contributed by atoms with Gasteiger partial charge in [0.05, 0.1) is 12.5 Å². The van der Waals surface area contributed by atoms with Crippen LogP contribution < -0.4 is 5.73 Å². The molecule has 0 aliphatic rings. The Morgan fingerprint density at radius 1 is 1.57 bits per heavy atom. The molecule has 3 nitrogen and oxygen atoms in total. The Bertz CT molecular complexity index is 391. The number of carbonyl (C=O) groups is 1. The van der Waals surface area contributed by atoms with E-state index in [0.717, 1.165) is 5.56 Å². The van der Waals surface area contributed by atoms with Crippen LogP contribution in [0.1, 0.15) is 29.3 Å². The molecule has 0 spiro atoms. The molecule has 1 aromatic carbocycles. The van der Waals surface area contributed by atoms with Crippen molar-refractivity contribution in [3.63, 3.8) is 0 Å². The minimum atomic E-state index is 0.0733. The molecule has 0 saturated heterocycles. The highest BCUT2D eigenvalue weighted by molar-refractivity contribution is 5.96. The lowest BCUT2D eigenvalue weighted by atomic mass is 10.0. The van der Waals surface area contributed by atoms with Crippen molar-refractivity contribution in [3.8, 4) is 6.07 Å². The molecule has 0 aliphatic carbocycles. The lowest BCUT2D eigenvalue weighted by molar-refractivity contribution is 0.0988. The zero-order valence-electron chi connectivity index (χ0n) is 8.08. The minimum absolute atomic E-state index is 0.0733. The highest BCUT2D eigenvalue weighted by atomic mass is 16.1. The van der Waals surface area contributed by atoms with Crippen LogP contribution in [-0.2, 0) is 6.42 Å². The zero-order valence-corrected chi connectivity index (χ0v) is 8.08. The summed E-state index contributed by atoms with van der Waals surface area (Å²) in [6.07, 6.45) is 0.715. The Labute approximate surface area is 83.2 Å². The molecule has 14 heavy (non-hydrogen) atoms. The Morgan fingerprint density at radius 2 is 2.29 bits per heavy atom. The largest absolute Gasteiger partial charge is 0.398 e. The number of carbonyl (C=O) groups excluding carboxylic acids is 1. The fourth-order valence-corrected chi connectivity index (χ4v) is 1.22. The van der Waals surface area contributed by atoms with Gasteiger partial charge < -0.3 is 5.73 Å². The SMILES string of the molecule is CCC(=O)c1ccc(N)c(CC#N)c1. The summed E-state index contributed by atoms with van der Waals surface area (Å²) in [5, 5.41) is 8.54. The standard InChI is InChI=1S/C11H12N2O/c1-2-11(14)9-3-4-10(13)8(7-9)5-6-12/h3-4,7H,2,5,13H2,1H3. The van der Waals surface area contributed by atoms with E-state index in [9.17, 15) is 4.79 Å². The van der Waals surface area contributed by atoms with Crippen LogP contribution in [0.3, 0.4) is 0 Å². The molecule has 0 heterocycles. The summed E-state index contributed by atoms with van der Waals surface area (Å²) in [6, 6.07) is 7.09. The second kappa shape index (κ2) is 4.43. The second-order valence-corrected chi connectivity index (χ2v) is 3.03. The molecule has 0 aromatic heterocycles. The van der Waals surface area contributed by atoms with Gasteiger partial charge in [-0.3, -0.25) is 4.79 Å². The molecule has 0 aliphatic heterocycles. The first-order valence-electron chi connectivity index (χ1n) is 4.47. The van der Waals surface area contributed by atoms with E-state index in [0.29, 0.717) is 17.7 Å². The summed E-state index contributed by atoms with van der Waals surface area (Å²) in [5.41, 5.74) is 7.58. The van der Waals surface area contributed by atoms with Crippen LogP contribution in [0.15, 0.2) is 18.2 Å². The molecule has 0 amide bonds. The number of hydrogen-bond donors (Lipinski definition) is 1. The van der Waals surface area contributed by atoms with E-state index in [1.807, 2.05) is 13.0 Å². The van der Waals surface area contributed by atoms with E-state index in [2.05, 4.69) is 0 Å². The van der Waals surface area contributed by atoms with Gasteiger partial charge >= 0.3 is 0 Å². The highest BCUT2D eigenvalue weighted by Gasteiger charge is 2.05. The first-order chi connectivity index (χ1) is 6.69. The highest BCUT2D eigenvalue weighted by Crippen LogP contribution is 2.15. The fourth-order valence-electron chi connectivity index (χ4n) is 1.22. The lowest BCUT2D eigenvalue weighted by Gasteiger charge is -2.03. The minimum Gasteiger partial charge on any atom is -0.398 e. The fraction of sp³-hybridized carbons (Fsp3) is 0.273. The number of nitrogen functional groups attached to an aromatic ring is 1. The zero-order chi connectivity index (χ0) is 10.6. The molecule has 0 bridgehead atoms. The van der Waals surface area contributed by atoms with Gasteiger partial charge in [-0.05, 0) is 23.8 Å². The van der Waals surface area contributed by atoms with E-state index in [-0.39, 0.29) is 12.2 Å². The maximum Gasteiger partial charge on any atom is 0.162 e. The summed E-state index contributed by atoms with van der Waals surface area (Å²) in [5.74, 6) is 0.0733. The molecular formula is C11H12N2O. The van der Waals surface area contributed by atoms with Crippen LogP contribution in [0.2, 0.25) is 0 Å². The third-order valence-electron chi connectivity index (χ3n) is 2.06. The van der Waals surface area contributed by atoms with Crippen LogP contribution in [0, 0.1) is 11.3 Å². The average Bonchev–Trinajstić information content (AvgIpc) is 2.20. The lowest BCUT2D eigenvalue weighted by Crippen LogP contribution is -2.00. The number of Topliss-reactive ketones (excluding diaryl/α,β-unsaturated/α-hetero) is 1. The number of hydrogen-bond acceptors (Lipinski definition) is 3. The van der Waals surface area contributed by atoms with Crippen LogP contribution in [0.25, 0.3) is 0 Å². The second-order valence-electron chi connectivity index (χ2n) is 3.03. The molecular weight excluding hydrogens is 176 g/mol. The van der Waals surface area contributed by atoms with E-state index < -0.39 is 0 Å². The topological polar surface area (TPSA) is 66.9 Å². The van der Waals surface area contributed by atoms with Crippen molar-refractivity contribution in [1.29, 1.82) is 5.26 Å². The van der Waals surface area contributed by atoms with Gasteiger partial charge in [0.1, 0.15) is 0 Å². The molecule has 3 heteroatoms. The summed E-state index contributed by atoms with van der Waals surface area (Å²) in [7, 11) is 0. The molecule has 0 unspecified atom stereocenters. The van der Waals surface area contributed by atoms with E-state index in [1.165, 1.54) is 0 Å². The Balaban J connectivity index is 3.07. The number of anilines is 1. The van der Waals surface area contributed by atoms with Crippen molar-refractivity contribution in [3.05, 3.63) is 29.3 Å². The van der Waals surface area contributed by atoms with Gasteiger partial charge in [0.25, 0.3) is 0 Å². The summed E-state index contributed by atoms with van der Waals surface area (Å²) < 4.78 is 0. The monoisotopic (exact) mass is 188 g/mol. The maximum absolute atomic E-state index is 11.4. The van der Waals surface area contributed by atoms with Crippen molar-refractivity contribution < 1.29 is 4.79 Å². The van der Waals surface area contributed by atoms with Crippen molar-refractivity contribution in [2.75, 3.05) is 5.73 Å². The van der Waals surface area contributed by atoms with Gasteiger partial charge in [0.15, 0.2) is 5.78 Å². The number of nitriles is 1. The number of ketones is 1. The summed E-state index contributed by atoms with van der Waals surface area (Å²) >= 11 is 0. The number of benzene rings is 1. The van der Waals surface area contributed by atoms with Crippen molar-refractivity contribution in [2.45, 2.75) is 19.8 Å². The molecule has 2 N–H and O–H groups in total. The third kappa shape index (κ3) is 2.11. The van der Waals surface area contributed by atoms with Crippen LogP contribution in [-0.4, -0.2) is 5.78 Å². The van der Waals surface area contributed by atoms with Crippen LogP contribution in [0.4, 0.5) is 5.69 Å². The molecule has 0 radical (unpaired) electrons. The normalized spacial score (nSPS) is 9.43. The van der Waals surface area contributed by atoms with Gasteiger partial charge in [-0.25, -0.2) is 0 Å². The number of rotatable bonds is 3. The summed E-state index contributed by atoms with van der Waals surface area (Å²) in [6.45, 7) is 1.81. The van der Waals surface area contributed by atoms with Crippen molar-refractivity contribution in [1.82, 2.24) is 0 Å². The average molecular weight is 188 g/mol. The predicted molar refractivity (Wildman–Crippen MR) is 54.8 cm³/mol. The first kappa shape index (κ1) is 10.3. The van der Waals surface area contributed by atoms with Crippen molar-refractivity contribution >= 4 is 11.5 Å². The quantitative estimate of drug-likeness (QED) is 0.582. The smallest absolute Gasteiger partial charge is 0.162 e. The molecule has 0 atom stereocenters. The molecule has 72 valence electrons. The van der Waals surface area contributed by atoms with Gasteiger partial charge in [0.2, 0.25) is 0 Å². The Hall–Kier alpha value is -1.82. The van der Waals surface area contributed by atoms with E-state index in [4.69, 9.17) is 11.0 Å².